The van der Waals surface area contributed by atoms with Gasteiger partial charge in [-0.3, -0.25) is 20.4 Å². The van der Waals surface area contributed by atoms with Crippen molar-refractivity contribution in [2.24, 2.45) is 0 Å². The molecule has 0 bridgehead atoms. The maximum absolute atomic E-state index is 13.0. The molecule has 0 aliphatic rings. The molecule has 2 rings (SSSR count). The van der Waals surface area contributed by atoms with Crippen LogP contribution in [0.2, 0.25) is 5.02 Å². The Balaban J connectivity index is 1.74. The summed E-state index contributed by atoms with van der Waals surface area (Å²) in [6, 6.07) is 10.3. The van der Waals surface area contributed by atoms with Gasteiger partial charge in [0.25, 0.3) is 11.8 Å². The minimum atomic E-state index is -0.856. The molecule has 0 fully saturated rings. The fourth-order valence-electron chi connectivity index (χ4n) is 2.04. The number of benzene rings is 2. The Morgan fingerprint density at radius 3 is 2.39 bits per heavy atom. The molecule has 0 radical (unpaired) electrons. The molecule has 0 saturated heterocycles. The van der Waals surface area contributed by atoms with E-state index in [0.29, 0.717) is 18.1 Å². The van der Waals surface area contributed by atoms with Crippen LogP contribution in [0.5, 0.6) is 17.2 Å². The summed E-state index contributed by atoms with van der Waals surface area (Å²) in [5.74, 6) is -0.372. The first-order valence-electron chi connectivity index (χ1n) is 8.45. The van der Waals surface area contributed by atoms with Crippen molar-refractivity contribution in [3.63, 3.8) is 0 Å². The van der Waals surface area contributed by atoms with Gasteiger partial charge in [-0.1, -0.05) is 11.6 Å². The second-order valence-corrected chi connectivity index (χ2v) is 5.97. The van der Waals surface area contributed by atoms with Gasteiger partial charge in [0.1, 0.15) is 23.1 Å². The maximum Gasteiger partial charge on any atom is 0.279 e. The standard InChI is InChI=1S/C19H20ClFN2O5/c1-3-26-14-5-7-15(8-6-14)28-12(2)19(25)23-22-18(24)11-27-17-9-4-13(21)10-16(17)20/h4-10,12H,3,11H2,1-2H3,(H,22,24)(H,23,25)/t12-/m1/s1. The maximum atomic E-state index is 13.0. The van der Waals surface area contributed by atoms with E-state index < -0.39 is 30.3 Å². The van der Waals surface area contributed by atoms with Gasteiger partial charge in [-0.2, -0.15) is 0 Å². The van der Waals surface area contributed by atoms with Gasteiger partial charge in [-0.25, -0.2) is 4.39 Å². The van der Waals surface area contributed by atoms with Crippen molar-refractivity contribution in [1.82, 2.24) is 10.9 Å². The van der Waals surface area contributed by atoms with Crippen molar-refractivity contribution in [3.8, 4) is 17.2 Å². The molecule has 0 unspecified atom stereocenters. The Morgan fingerprint density at radius 2 is 1.75 bits per heavy atom. The molecule has 0 spiro atoms. The lowest BCUT2D eigenvalue weighted by atomic mass is 10.3. The number of hydrogen-bond donors (Lipinski definition) is 2. The zero-order valence-corrected chi connectivity index (χ0v) is 16.1. The van der Waals surface area contributed by atoms with Gasteiger partial charge in [0.05, 0.1) is 11.6 Å². The van der Waals surface area contributed by atoms with E-state index in [1.54, 1.807) is 24.3 Å². The van der Waals surface area contributed by atoms with Crippen LogP contribution in [0.25, 0.3) is 0 Å². The fourth-order valence-corrected chi connectivity index (χ4v) is 2.27. The molecule has 0 aliphatic carbocycles. The first kappa shape index (κ1) is 21.3. The zero-order chi connectivity index (χ0) is 20.5. The smallest absolute Gasteiger partial charge is 0.279 e. The Labute approximate surface area is 166 Å². The third-order valence-corrected chi connectivity index (χ3v) is 3.69. The van der Waals surface area contributed by atoms with Crippen LogP contribution < -0.4 is 25.1 Å². The Kier molecular flexibility index (Phi) is 7.88. The quantitative estimate of drug-likeness (QED) is 0.653. The van der Waals surface area contributed by atoms with Crippen LogP contribution in [0.15, 0.2) is 42.5 Å². The molecule has 0 heterocycles. The number of ether oxygens (including phenoxy) is 3. The highest BCUT2D eigenvalue weighted by Crippen LogP contribution is 2.24. The topological polar surface area (TPSA) is 85.9 Å². The number of rotatable bonds is 8. The van der Waals surface area contributed by atoms with Gasteiger partial charge >= 0.3 is 0 Å². The predicted molar refractivity (Wildman–Crippen MR) is 101 cm³/mol. The van der Waals surface area contributed by atoms with Crippen molar-refractivity contribution < 1.29 is 28.2 Å². The summed E-state index contributed by atoms with van der Waals surface area (Å²) < 4.78 is 28.9. The molecule has 7 nitrogen and oxygen atoms in total. The summed E-state index contributed by atoms with van der Waals surface area (Å²) in [5, 5.41) is 0.0363. The van der Waals surface area contributed by atoms with Crippen LogP contribution in [0, 0.1) is 5.82 Å². The van der Waals surface area contributed by atoms with Crippen LogP contribution in [0.4, 0.5) is 4.39 Å². The van der Waals surface area contributed by atoms with Gasteiger partial charge in [0.15, 0.2) is 12.7 Å². The molecule has 1 atom stereocenters. The summed E-state index contributed by atoms with van der Waals surface area (Å²) in [7, 11) is 0. The number of amides is 2. The van der Waals surface area contributed by atoms with Gasteiger partial charge in [0.2, 0.25) is 0 Å². The van der Waals surface area contributed by atoms with E-state index in [-0.39, 0.29) is 10.8 Å². The average Bonchev–Trinajstić information content (AvgIpc) is 2.67. The molecule has 2 amide bonds. The first-order chi connectivity index (χ1) is 13.4. The number of nitrogens with one attached hydrogen (secondary N) is 2. The average molecular weight is 411 g/mol. The highest BCUT2D eigenvalue weighted by molar-refractivity contribution is 6.32. The third kappa shape index (κ3) is 6.62. The number of halogens is 2. The van der Waals surface area contributed by atoms with Crippen LogP contribution in [0.1, 0.15) is 13.8 Å². The molecule has 28 heavy (non-hydrogen) atoms. The molecular formula is C19H20ClFN2O5. The molecule has 2 aromatic carbocycles. The predicted octanol–water partition coefficient (Wildman–Crippen LogP) is 2.87. The SMILES string of the molecule is CCOc1ccc(O[C@H](C)C(=O)NNC(=O)COc2ccc(F)cc2Cl)cc1. The second kappa shape index (κ2) is 10.4. The lowest BCUT2D eigenvalue weighted by Crippen LogP contribution is -2.48. The summed E-state index contributed by atoms with van der Waals surface area (Å²) in [5.41, 5.74) is 4.43. The number of hydrogen-bond acceptors (Lipinski definition) is 5. The van der Waals surface area contributed by atoms with E-state index in [1.807, 2.05) is 6.92 Å². The highest BCUT2D eigenvalue weighted by Gasteiger charge is 2.16. The lowest BCUT2D eigenvalue weighted by molar-refractivity contribution is -0.133. The van der Waals surface area contributed by atoms with Crippen LogP contribution in [-0.4, -0.2) is 31.1 Å². The molecule has 2 aromatic rings. The van der Waals surface area contributed by atoms with E-state index in [1.165, 1.54) is 13.0 Å². The van der Waals surface area contributed by atoms with E-state index >= 15 is 0 Å². The first-order valence-corrected chi connectivity index (χ1v) is 8.83. The normalized spacial score (nSPS) is 11.3. The number of hydrazine groups is 1. The second-order valence-electron chi connectivity index (χ2n) is 5.57. The van der Waals surface area contributed by atoms with Gasteiger partial charge in [-0.15, -0.1) is 0 Å². The fraction of sp³-hybridized carbons (Fsp3) is 0.263. The Bertz CT molecular complexity index is 816. The van der Waals surface area contributed by atoms with Crippen molar-refractivity contribution >= 4 is 23.4 Å². The number of carbonyl (C=O) groups excluding carboxylic acids is 2. The van der Waals surface area contributed by atoms with E-state index in [9.17, 15) is 14.0 Å². The van der Waals surface area contributed by atoms with Crippen molar-refractivity contribution in [1.29, 1.82) is 0 Å². The van der Waals surface area contributed by atoms with E-state index in [4.69, 9.17) is 25.8 Å². The summed E-state index contributed by atoms with van der Waals surface area (Å²) >= 11 is 5.80. The van der Waals surface area contributed by atoms with Gasteiger partial charge in [-0.05, 0) is 56.3 Å². The molecule has 2 N–H and O–H groups in total. The largest absolute Gasteiger partial charge is 0.494 e. The molecule has 0 aliphatic heterocycles. The van der Waals surface area contributed by atoms with Crippen molar-refractivity contribution in [3.05, 3.63) is 53.3 Å². The number of carbonyl (C=O) groups is 2. The van der Waals surface area contributed by atoms with Crippen LogP contribution >= 0.6 is 11.6 Å². The minimum Gasteiger partial charge on any atom is -0.494 e. The summed E-state index contributed by atoms with van der Waals surface area (Å²) in [4.78, 5) is 23.8. The van der Waals surface area contributed by atoms with E-state index in [2.05, 4.69) is 10.9 Å². The zero-order valence-electron chi connectivity index (χ0n) is 15.3. The lowest BCUT2D eigenvalue weighted by Gasteiger charge is -2.15. The molecule has 0 saturated carbocycles. The molecule has 9 heteroatoms. The molecule has 150 valence electrons. The van der Waals surface area contributed by atoms with E-state index in [0.717, 1.165) is 12.1 Å². The van der Waals surface area contributed by atoms with Crippen molar-refractivity contribution in [2.45, 2.75) is 20.0 Å². The van der Waals surface area contributed by atoms with Crippen LogP contribution in [-0.2, 0) is 9.59 Å². The van der Waals surface area contributed by atoms with Crippen LogP contribution in [0.3, 0.4) is 0 Å². The Hall–Kier alpha value is -3.00. The van der Waals surface area contributed by atoms with Gasteiger partial charge in [0, 0.05) is 0 Å². The highest BCUT2D eigenvalue weighted by atomic mass is 35.5. The Morgan fingerprint density at radius 1 is 1.07 bits per heavy atom. The molecular weight excluding hydrogens is 391 g/mol. The third-order valence-electron chi connectivity index (χ3n) is 3.39. The monoisotopic (exact) mass is 410 g/mol. The summed E-state index contributed by atoms with van der Waals surface area (Å²) in [6.45, 7) is 3.55. The summed E-state index contributed by atoms with van der Waals surface area (Å²) in [6.07, 6.45) is -0.856. The molecule has 0 aromatic heterocycles. The minimum absolute atomic E-state index is 0.0363. The van der Waals surface area contributed by atoms with Crippen molar-refractivity contribution in [2.75, 3.05) is 13.2 Å². The van der Waals surface area contributed by atoms with Gasteiger partial charge < -0.3 is 14.2 Å².